The van der Waals surface area contributed by atoms with E-state index in [1.807, 2.05) is 54.6 Å². The average molecular weight is 1410 g/mol. The Hall–Kier alpha value is -13.2. The third-order valence-corrected chi connectivity index (χ3v) is 22.2. The lowest BCUT2D eigenvalue weighted by atomic mass is 9.80. The van der Waals surface area contributed by atoms with Crippen LogP contribution >= 0.6 is 15.9 Å². The third-order valence-electron chi connectivity index (χ3n) is 21.6. The molecule has 0 radical (unpaired) electrons. The molecule has 0 fully saturated rings. The molecule has 20 aromatic rings. The average Bonchev–Trinajstić information content (AvgIpc) is 1.52. The predicted molar refractivity (Wildman–Crippen MR) is 439 cm³/mol. The summed E-state index contributed by atoms with van der Waals surface area (Å²) >= 11 is 3.93. The van der Waals surface area contributed by atoms with Crippen LogP contribution in [0, 0.1) is 0 Å². The van der Waals surface area contributed by atoms with Crippen LogP contribution in [0.1, 0.15) is 33.4 Å². The van der Waals surface area contributed by atoms with E-state index in [0.29, 0.717) is 0 Å². The molecule has 4 aromatic heterocycles. The zero-order valence-corrected chi connectivity index (χ0v) is 58.6. The Morgan fingerprint density at radius 3 is 1.17 bits per heavy atom. The molecular weight excluding hydrogens is 1350 g/mol. The Labute approximate surface area is 615 Å². The highest BCUT2D eigenvalue weighted by Crippen LogP contribution is 2.59. The van der Waals surface area contributed by atoms with Gasteiger partial charge in [0.2, 0.25) is 0 Å². The highest BCUT2D eigenvalue weighted by molar-refractivity contribution is 9.10. The Balaban J connectivity index is 0.000000117. The van der Waals surface area contributed by atoms with Crippen molar-refractivity contribution in [2.45, 2.75) is 11.1 Å². The second kappa shape index (κ2) is 25.1. The van der Waals surface area contributed by atoms with Gasteiger partial charge in [-0.25, -0.2) is 0 Å². The van der Waals surface area contributed by atoms with Crippen molar-refractivity contribution in [3.8, 4) is 22.3 Å². The van der Waals surface area contributed by atoms with Crippen molar-refractivity contribution in [3.63, 3.8) is 0 Å². The normalized spacial score (nSPS) is 13.0. The van der Waals surface area contributed by atoms with E-state index in [1.165, 1.54) is 93.7 Å². The van der Waals surface area contributed by atoms with Gasteiger partial charge in [0.1, 0.15) is 33.4 Å². The first-order valence-corrected chi connectivity index (χ1v) is 36.5. The second-order valence-corrected chi connectivity index (χ2v) is 27.9. The largest absolute Gasteiger partial charge is 0.456 e. The van der Waals surface area contributed by atoms with Gasteiger partial charge < -0.3 is 28.2 Å². The van der Waals surface area contributed by atoms with Crippen molar-refractivity contribution in [2.75, 3.05) is 10.2 Å². The number of nitrogens with zero attached hydrogens (tertiary/aromatic N) is 3. The van der Waals surface area contributed by atoms with Crippen LogP contribution in [0.3, 0.4) is 0 Å². The van der Waals surface area contributed by atoms with Crippen molar-refractivity contribution in [2.24, 2.45) is 0 Å². The fourth-order valence-electron chi connectivity index (χ4n) is 17.5. The van der Waals surface area contributed by atoms with Gasteiger partial charge in [-0.15, -0.1) is 0 Å². The lowest BCUT2D eigenvalue weighted by Gasteiger charge is -2.37. The van der Waals surface area contributed by atoms with Crippen LogP contribution in [0.5, 0.6) is 0 Å². The molecule has 105 heavy (non-hydrogen) atoms. The molecule has 0 amide bonds. The highest BCUT2D eigenvalue weighted by Gasteiger charge is 2.50. The molecule has 16 aromatic carbocycles. The maximum absolute atomic E-state index is 6.48. The molecule has 2 aliphatic rings. The summed E-state index contributed by atoms with van der Waals surface area (Å²) in [5, 5.41) is 12.9. The van der Waals surface area contributed by atoms with Gasteiger partial charge in [0.15, 0.2) is 0 Å². The molecule has 0 aliphatic heterocycles. The van der Waals surface area contributed by atoms with Gasteiger partial charge >= 0.3 is 0 Å². The van der Waals surface area contributed by atoms with Crippen molar-refractivity contribution in [1.29, 1.82) is 0 Å². The number of halogens is 1. The number of para-hydroxylation sites is 8. The van der Waals surface area contributed by atoms with E-state index in [0.717, 1.165) is 82.3 Å². The van der Waals surface area contributed by atoms with E-state index in [9.17, 15) is 0 Å². The highest BCUT2D eigenvalue weighted by atomic mass is 79.9. The standard InChI is InChI=1S/C49H32N2O.C31H20BrN.C18H13NO/c1-3-17-33(18-4-1)49(40-26-11-7-21-35(40)36-22-8-12-27-41(36)49)51-42-28-13-9-23-37(42)38-25-15-30-44(48(38)51)50(34-19-5-2-6-20-34)43-29-16-32-46-47(43)39-24-10-14-31-45(39)52-46;32-28-19-10-16-25-24-15-6-9-20-29(24)33(30(25)28)31(21-11-2-1-3-12-21)26-17-7-4-13-22(26)23-14-5-8-18-27(23)31;1-2-7-13(8-3-1)19-15-10-6-12-17-18(15)14-9-4-5-11-16(14)20-17/h1-32H;1-20H;1-12,19H. The number of anilines is 5. The molecule has 0 saturated heterocycles. The van der Waals surface area contributed by atoms with Crippen LogP contribution in [-0.2, 0) is 11.1 Å². The van der Waals surface area contributed by atoms with E-state index < -0.39 is 11.1 Å². The van der Waals surface area contributed by atoms with E-state index in [4.69, 9.17) is 8.83 Å². The molecule has 0 spiro atoms. The molecule has 6 nitrogen and oxygen atoms in total. The molecule has 0 bridgehead atoms. The minimum Gasteiger partial charge on any atom is -0.456 e. The number of furan rings is 2. The van der Waals surface area contributed by atoms with E-state index in [1.54, 1.807) is 0 Å². The van der Waals surface area contributed by atoms with Crippen LogP contribution < -0.4 is 10.2 Å². The number of benzene rings is 16. The number of rotatable bonds is 9. The van der Waals surface area contributed by atoms with Crippen LogP contribution in [0.15, 0.2) is 402 Å². The first-order chi connectivity index (χ1) is 52.1. The molecule has 0 unspecified atom stereocenters. The summed E-state index contributed by atoms with van der Waals surface area (Å²) in [4.78, 5) is 2.44. The van der Waals surface area contributed by atoms with Gasteiger partial charge in [0.25, 0.3) is 0 Å². The van der Waals surface area contributed by atoms with Crippen LogP contribution in [-0.4, -0.2) is 9.13 Å². The SMILES string of the molecule is Brc1cccc2c3ccccc3n(C3(c4ccccc4)c4ccccc4-c4ccccc43)c12.c1ccc(N(c2cccc3oc4ccccc4c23)c2cccc3c4ccccc4n(C4(c5ccccc5)c5ccccc5-c5ccccc54)c23)cc1.c1ccc(Nc2cccc3oc4ccccc4c23)cc1. The second-order valence-electron chi connectivity index (χ2n) is 27.0. The summed E-state index contributed by atoms with van der Waals surface area (Å²) in [5.41, 5.74) is 25.4. The van der Waals surface area contributed by atoms with Gasteiger partial charge in [0, 0.05) is 48.2 Å². The molecule has 0 saturated carbocycles. The molecule has 22 rings (SSSR count). The minimum absolute atomic E-state index is 0.486. The molecule has 7 heteroatoms. The Morgan fingerprint density at radius 2 is 0.638 bits per heavy atom. The van der Waals surface area contributed by atoms with Crippen molar-refractivity contribution >= 4 is 132 Å². The van der Waals surface area contributed by atoms with Gasteiger partial charge in [0.05, 0.1) is 49.9 Å². The van der Waals surface area contributed by atoms with Gasteiger partial charge in [-0.1, -0.05) is 303 Å². The summed E-state index contributed by atoms with van der Waals surface area (Å²) < 4.78 is 18.7. The lowest BCUT2D eigenvalue weighted by Crippen LogP contribution is -2.36. The number of nitrogens with one attached hydrogen (secondary N) is 1. The molecular formula is C98H65BrN4O2. The maximum atomic E-state index is 6.48. The van der Waals surface area contributed by atoms with Crippen LogP contribution in [0.4, 0.5) is 28.4 Å². The number of hydrogen-bond acceptors (Lipinski definition) is 4. The van der Waals surface area contributed by atoms with E-state index in [-0.39, 0.29) is 0 Å². The monoisotopic (exact) mass is 1410 g/mol. The predicted octanol–water partition coefficient (Wildman–Crippen LogP) is 26.7. The Morgan fingerprint density at radius 1 is 0.276 bits per heavy atom. The summed E-state index contributed by atoms with van der Waals surface area (Å²) in [5.74, 6) is 0. The topological polar surface area (TPSA) is 51.4 Å². The quantitative estimate of drug-likeness (QED) is 0.156. The summed E-state index contributed by atoms with van der Waals surface area (Å²) in [6, 6.07) is 139. The zero-order chi connectivity index (χ0) is 69.6. The molecule has 2 aliphatic carbocycles. The molecule has 0 atom stereocenters. The minimum atomic E-state index is -0.664. The fraction of sp³-hybridized carbons (Fsp3) is 0.0204. The van der Waals surface area contributed by atoms with Crippen LogP contribution in [0.2, 0.25) is 0 Å². The number of hydrogen-bond donors (Lipinski definition) is 1. The lowest BCUT2D eigenvalue weighted by molar-refractivity contribution is 0.563. The van der Waals surface area contributed by atoms with Gasteiger partial charge in [-0.05, 0) is 156 Å². The van der Waals surface area contributed by atoms with Crippen molar-refractivity contribution in [3.05, 3.63) is 426 Å². The fourth-order valence-corrected chi connectivity index (χ4v) is 18.0. The Bertz CT molecular complexity index is 6640. The molecule has 4 heterocycles. The smallest absolute Gasteiger partial charge is 0.137 e. The molecule has 1 N–H and O–H groups in total. The van der Waals surface area contributed by atoms with Crippen molar-refractivity contribution < 1.29 is 8.83 Å². The first kappa shape index (κ1) is 61.7. The summed E-state index contributed by atoms with van der Waals surface area (Å²) in [6.07, 6.45) is 0. The van der Waals surface area contributed by atoms with E-state index in [2.05, 4.69) is 369 Å². The first-order valence-electron chi connectivity index (χ1n) is 35.8. The summed E-state index contributed by atoms with van der Waals surface area (Å²) in [6.45, 7) is 0. The number of fused-ring (bicyclic) bond motifs is 18. The van der Waals surface area contributed by atoms with Crippen molar-refractivity contribution in [1.82, 2.24) is 9.13 Å². The van der Waals surface area contributed by atoms with Crippen LogP contribution in [0.25, 0.3) is 110 Å². The number of aromatic nitrogens is 2. The Kier molecular flexibility index (Phi) is 14.7. The molecule has 496 valence electrons. The zero-order valence-electron chi connectivity index (χ0n) is 57.0. The third kappa shape index (κ3) is 9.48. The van der Waals surface area contributed by atoms with E-state index >= 15 is 0 Å². The maximum Gasteiger partial charge on any atom is 0.137 e. The van der Waals surface area contributed by atoms with Gasteiger partial charge in [-0.3, -0.25) is 0 Å². The van der Waals surface area contributed by atoms with Gasteiger partial charge in [-0.2, -0.15) is 0 Å². The summed E-state index contributed by atoms with van der Waals surface area (Å²) in [7, 11) is 0.